The first-order chi connectivity index (χ1) is 14.3. The molecule has 2 aromatic carbocycles. The van der Waals surface area contributed by atoms with Crippen molar-refractivity contribution in [3.8, 4) is 11.5 Å². The molecule has 156 valence electrons. The van der Waals surface area contributed by atoms with E-state index in [1.807, 2.05) is 6.92 Å². The number of benzene rings is 2. The van der Waals surface area contributed by atoms with Gasteiger partial charge in [-0.15, -0.1) is 5.10 Å². The third kappa shape index (κ3) is 3.78. The summed E-state index contributed by atoms with van der Waals surface area (Å²) in [5.74, 6) is 0.998. The van der Waals surface area contributed by atoms with Gasteiger partial charge in [-0.2, -0.15) is 5.01 Å². The number of aryl methyl sites for hydroxylation is 1. The van der Waals surface area contributed by atoms with E-state index in [-0.39, 0.29) is 31.0 Å². The molecule has 0 saturated heterocycles. The second kappa shape index (κ2) is 7.87. The SMILES string of the molecule is CC(=O)N(C[C@@H]1OC(c2ccc3c(c2)OCO3)=NN1C(C)=O)c1ccc(Cl)cc1C. The minimum Gasteiger partial charge on any atom is -0.454 e. The Labute approximate surface area is 178 Å². The van der Waals surface area contributed by atoms with Crippen molar-refractivity contribution in [1.82, 2.24) is 5.01 Å². The molecule has 30 heavy (non-hydrogen) atoms. The third-order valence-electron chi connectivity index (χ3n) is 4.83. The highest BCUT2D eigenvalue weighted by Crippen LogP contribution is 2.34. The van der Waals surface area contributed by atoms with Gasteiger partial charge in [0.15, 0.2) is 11.5 Å². The van der Waals surface area contributed by atoms with Crippen LogP contribution in [0.15, 0.2) is 41.5 Å². The minimum atomic E-state index is -0.776. The lowest BCUT2D eigenvalue weighted by atomic mass is 10.1. The van der Waals surface area contributed by atoms with E-state index >= 15 is 0 Å². The van der Waals surface area contributed by atoms with E-state index in [4.69, 9.17) is 25.8 Å². The van der Waals surface area contributed by atoms with Gasteiger partial charge in [0, 0.05) is 30.1 Å². The monoisotopic (exact) mass is 429 g/mol. The Bertz CT molecular complexity index is 1050. The van der Waals surface area contributed by atoms with E-state index in [2.05, 4.69) is 5.10 Å². The zero-order valence-electron chi connectivity index (χ0n) is 16.7. The minimum absolute atomic E-state index is 0.106. The Balaban J connectivity index is 1.60. The van der Waals surface area contributed by atoms with Crippen LogP contribution in [0.25, 0.3) is 0 Å². The van der Waals surface area contributed by atoms with Crippen LogP contribution in [0.4, 0.5) is 5.69 Å². The van der Waals surface area contributed by atoms with Crippen LogP contribution in [0.5, 0.6) is 11.5 Å². The van der Waals surface area contributed by atoms with E-state index in [9.17, 15) is 9.59 Å². The van der Waals surface area contributed by atoms with Crippen LogP contribution in [0, 0.1) is 6.92 Å². The van der Waals surface area contributed by atoms with E-state index in [1.165, 1.54) is 18.9 Å². The van der Waals surface area contributed by atoms with E-state index in [0.717, 1.165) is 5.56 Å². The highest BCUT2D eigenvalue weighted by atomic mass is 35.5. The van der Waals surface area contributed by atoms with Crippen LogP contribution in [0.1, 0.15) is 25.0 Å². The number of fused-ring (bicyclic) bond motifs is 1. The Hall–Kier alpha value is -3.26. The third-order valence-corrected chi connectivity index (χ3v) is 5.06. The maximum atomic E-state index is 12.4. The molecule has 0 unspecified atom stereocenters. The first kappa shape index (κ1) is 20.0. The second-order valence-corrected chi connectivity index (χ2v) is 7.41. The molecular formula is C21H20ClN3O5. The number of anilines is 1. The Morgan fingerprint density at radius 2 is 1.93 bits per heavy atom. The van der Waals surface area contributed by atoms with Gasteiger partial charge in [0.2, 0.25) is 30.7 Å². The van der Waals surface area contributed by atoms with Gasteiger partial charge >= 0.3 is 0 Å². The maximum Gasteiger partial charge on any atom is 0.243 e. The average Bonchev–Trinajstić information content (AvgIpc) is 3.32. The number of nitrogens with zero attached hydrogens (tertiary/aromatic N) is 3. The Morgan fingerprint density at radius 1 is 1.17 bits per heavy atom. The number of hydrazone groups is 1. The molecule has 0 aliphatic carbocycles. The summed E-state index contributed by atoms with van der Waals surface area (Å²) in [4.78, 5) is 26.1. The van der Waals surface area contributed by atoms with Gasteiger partial charge in [0.25, 0.3) is 0 Å². The number of carbonyl (C=O) groups is 2. The second-order valence-electron chi connectivity index (χ2n) is 6.97. The molecule has 1 atom stereocenters. The summed E-state index contributed by atoms with van der Waals surface area (Å²) in [5, 5.41) is 6.15. The largest absolute Gasteiger partial charge is 0.454 e. The number of hydrogen-bond acceptors (Lipinski definition) is 6. The van der Waals surface area contributed by atoms with Crippen molar-refractivity contribution < 1.29 is 23.8 Å². The van der Waals surface area contributed by atoms with Crippen molar-refractivity contribution in [3.63, 3.8) is 0 Å². The van der Waals surface area contributed by atoms with Gasteiger partial charge in [-0.3, -0.25) is 9.59 Å². The van der Waals surface area contributed by atoms with Crippen LogP contribution in [0.3, 0.4) is 0 Å². The summed E-state index contributed by atoms with van der Waals surface area (Å²) in [6.07, 6.45) is -0.776. The number of rotatable bonds is 4. The predicted molar refractivity (Wildman–Crippen MR) is 111 cm³/mol. The topological polar surface area (TPSA) is 80.7 Å². The Morgan fingerprint density at radius 3 is 2.63 bits per heavy atom. The fourth-order valence-corrected chi connectivity index (χ4v) is 3.61. The van der Waals surface area contributed by atoms with Crippen molar-refractivity contribution >= 4 is 35.0 Å². The highest BCUT2D eigenvalue weighted by Gasteiger charge is 2.35. The van der Waals surface area contributed by atoms with Crippen LogP contribution in [0.2, 0.25) is 5.02 Å². The molecule has 0 bridgehead atoms. The van der Waals surface area contributed by atoms with Gasteiger partial charge in [0.1, 0.15) is 0 Å². The van der Waals surface area contributed by atoms with Crippen molar-refractivity contribution in [2.75, 3.05) is 18.2 Å². The molecule has 0 radical (unpaired) electrons. The van der Waals surface area contributed by atoms with Crippen molar-refractivity contribution in [2.45, 2.75) is 27.0 Å². The zero-order chi connectivity index (χ0) is 21.4. The van der Waals surface area contributed by atoms with Crippen LogP contribution < -0.4 is 14.4 Å². The van der Waals surface area contributed by atoms with E-state index in [1.54, 1.807) is 41.3 Å². The lowest BCUT2D eigenvalue weighted by Gasteiger charge is -2.28. The molecule has 8 nitrogen and oxygen atoms in total. The van der Waals surface area contributed by atoms with Gasteiger partial charge in [-0.05, 0) is 48.9 Å². The van der Waals surface area contributed by atoms with Gasteiger partial charge in [-0.1, -0.05) is 11.6 Å². The maximum absolute atomic E-state index is 12.4. The van der Waals surface area contributed by atoms with Crippen LogP contribution in [-0.2, 0) is 14.3 Å². The highest BCUT2D eigenvalue weighted by molar-refractivity contribution is 6.30. The summed E-state index contributed by atoms with van der Waals surface area (Å²) < 4.78 is 16.7. The number of halogens is 1. The first-order valence-corrected chi connectivity index (χ1v) is 9.70. The molecular weight excluding hydrogens is 410 g/mol. The van der Waals surface area contributed by atoms with Crippen LogP contribution >= 0.6 is 11.6 Å². The molecule has 4 rings (SSSR count). The van der Waals surface area contributed by atoms with Gasteiger partial charge < -0.3 is 19.1 Å². The van der Waals surface area contributed by atoms with E-state index in [0.29, 0.717) is 27.8 Å². The fraction of sp³-hybridized carbons (Fsp3) is 0.286. The van der Waals surface area contributed by atoms with Crippen LogP contribution in [-0.4, -0.2) is 42.3 Å². The Kier molecular flexibility index (Phi) is 5.26. The summed E-state index contributed by atoms with van der Waals surface area (Å²) in [7, 11) is 0. The molecule has 0 saturated carbocycles. The molecule has 2 aliphatic rings. The molecule has 0 spiro atoms. The van der Waals surface area contributed by atoms with Crippen molar-refractivity contribution in [3.05, 3.63) is 52.5 Å². The lowest BCUT2D eigenvalue weighted by molar-refractivity contribution is -0.135. The molecule has 0 N–H and O–H groups in total. The summed E-state index contributed by atoms with van der Waals surface area (Å²) >= 11 is 6.04. The molecule has 2 amide bonds. The number of carbonyl (C=O) groups excluding carboxylic acids is 2. The zero-order valence-corrected chi connectivity index (χ0v) is 17.5. The average molecular weight is 430 g/mol. The standard InChI is InChI=1S/C21H20ClN3O5/c1-12-8-16(22)5-6-17(12)24(13(2)26)10-20-25(14(3)27)23-21(30-20)15-4-7-18-19(9-15)29-11-28-18/h4-9,20H,10-11H2,1-3H3/t20-/m0/s1. The van der Waals surface area contributed by atoms with Gasteiger partial charge in [-0.25, -0.2) is 0 Å². The van der Waals surface area contributed by atoms with Crippen molar-refractivity contribution in [2.24, 2.45) is 5.10 Å². The van der Waals surface area contributed by atoms with Crippen molar-refractivity contribution in [1.29, 1.82) is 0 Å². The number of hydrogen-bond donors (Lipinski definition) is 0. The lowest BCUT2D eigenvalue weighted by Crippen LogP contribution is -2.44. The summed E-state index contributed by atoms with van der Waals surface area (Å²) in [6, 6.07) is 10.5. The normalized spacial score (nSPS) is 16.9. The molecule has 2 aromatic rings. The number of amides is 2. The smallest absolute Gasteiger partial charge is 0.243 e. The molecule has 2 aliphatic heterocycles. The number of ether oxygens (including phenoxy) is 3. The molecule has 0 aromatic heterocycles. The summed E-state index contributed by atoms with van der Waals surface area (Å²) in [6.45, 7) is 4.98. The summed E-state index contributed by atoms with van der Waals surface area (Å²) in [5.41, 5.74) is 2.17. The first-order valence-electron chi connectivity index (χ1n) is 9.33. The fourth-order valence-electron chi connectivity index (χ4n) is 3.38. The molecule has 0 fully saturated rings. The quantitative estimate of drug-likeness (QED) is 0.745. The predicted octanol–water partition coefficient (Wildman–Crippen LogP) is 3.30. The van der Waals surface area contributed by atoms with E-state index < -0.39 is 6.23 Å². The van der Waals surface area contributed by atoms with Gasteiger partial charge in [0.05, 0.1) is 6.54 Å². The molecule has 9 heteroatoms. The molecule has 2 heterocycles.